The number of hydrogen-bond donors (Lipinski definition) is 1. The average molecular weight is 430 g/mol. The van der Waals surface area contributed by atoms with Gasteiger partial charge in [0.15, 0.2) is 0 Å². The number of aromatic nitrogens is 2. The minimum Gasteiger partial charge on any atom is -0.458 e. The van der Waals surface area contributed by atoms with Gasteiger partial charge in [0.25, 0.3) is 0 Å². The first-order valence-corrected chi connectivity index (χ1v) is 10.2. The van der Waals surface area contributed by atoms with E-state index in [0.29, 0.717) is 5.69 Å². The molecule has 0 aliphatic carbocycles. The molecular formula is C23H31N3O5. The molecular weight excluding hydrogens is 398 g/mol. The Bertz CT molecular complexity index is 977. The Kier molecular flexibility index (Phi) is 7.96. The molecule has 8 nitrogen and oxygen atoms in total. The predicted molar refractivity (Wildman–Crippen MR) is 117 cm³/mol. The Morgan fingerprint density at radius 2 is 1.77 bits per heavy atom. The fourth-order valence-corrected chi connectivity index (χ4v) is 2.95. The first-order valence-electron chi connectivity index (χ1n) is 10.2. The quantitative estimate of drug-likeness (QED) is 0.679. The number of hydrogen-bond acceptors (Lipinski definition) is 6. The summed E-state index contributed by atoms with van der Waals surface area (Å²) in [7, 11) is 0. The zero-order chi connectivity index (χ0) is 23.2. The summed E-state index contributed by atoms with van der Waals surface area (Å²) in [6.45, 7) is 11.0. The largest absolute Gasteiger partial charge is 0.458 e. The number of esters is 1. The summed E-state index contributed by atoms with van der Waals surface area (Å²) in [5.41, 5.74) is 2.06. The SMILES string of the molecule is Cc1nc(=O)n(CC[C@H](NC(=O)OCc2ccccc2)C(=O)OC(C)(C)C)c(C)c1C. The third kappa shape index (κ3) is 7.24. The molecule has 2 rings (SSSR count). The van der Waals surface area contributed by atoms with E-state index in [1.165, 1.54) is 4.57 Å². The van der Waals surface area contributed by atoms with Gasteiger partial charge >= 0.3 is 17.8 Å². The molecule has 1 amide bonds. The highest BCUT2D eigenvalue weighted by Gasteiger charge is 2.27. The molecule has 1 N–H and O–H groups in total. The molecule has 0 spiro atoms. The molecule has 1 aromatic carbocycles. The van der Waals surface area contributed by atoms with Gasteiger partial charge in [0.05, 0.1) is 0 Å². The molecule has 0 aliphatic heterocycles. The van der Waals surface area contributed by atoms with E-state index >= 15 is 0 Å². The van der Waals surface area contributed by atoms with Crippen molar-refractivity contribution < 1.29 is 19.1 Å². The summed E-state index contributed by atoms with van der Waals surface area (Å²) < 4.78 is 12.2. The van der Waals surface area contributed by atoms with Gasteiger partial charge < -0.3 is 14.8 Å². The molecule has 0 bridgehead atoms. The van der Waals surface area contributed by atoms with Crippen molar-refractivity contribution in [1.82, 2.24) is 14.9 Å². The summed E-state index contributed by atoms with van der Waals surface area (Å²) >= 11 is 0. The second-order valence-electron chi connectivity index (χ2n) is 8.42. The van der Waals surface area contributed by atoms with Gasteiger partial charge in [0, 0.05) is 17.9 Å². The molecule has 0 fully saturated rings. The van der Waals surface area contributed by atoms with E-state index in [4.69, 9.17) is 9.47 Å². The van der Waals surface area contributed by atoms with Crippen molar-refractivity contribution in [1.29, 1.82) is 0 Å². The van der Waals surface area contributed by atoms with Crippen LogP contribution in [0.2, 0.25) is 0 Å². The Labute approximate surface area is 182 Å². The molecule has 0 unspecified atom stereocenters. The van der Waals surface area contributed by atoms with Crippen molar-refractivity contribution in [2.24, 2.45) is 0 Å². The minimum atomic E-state index is -0.976. The number of carbonyl (C=O) groups excluding carboxylic acids is 2. The lowest BCUT2D eigenvalue weighted by Gasteiger charge is -2.25. The Morgan fingerprint density at radius 1 is 1.13 bits per heavy atom. The van der Waals surface area contributed by atoms with Crippen molar-refractivity contribution in [3.63, 3.8) is 0 Å². The fourth-order valence-electron chi connectivity index (χ4n) is 2.95. The lowest BCUT2D eigenvalue weighted by molar-refractivity contribution is -0.157. The summed E-state index contributed by atoms with van der Waals surface area (Å²) in [6.07, 6.45) is -0.581. The van der Waals surface area contributed by atoms with Gasteiger partial charge in [-0.25, -0.2) is 14.4 Å². The normalized spacial score (nSPS) is 12.2. The van der Waals surface area contributed by atoms with E-state index in [0.717, 1.165) is 16.8 Å². The number of ether oxygens (including phenoxy) is 2. The number of amides is 1. The first-order chi connectivity index (χ1) is 14.5. The molecule has 0 aliphatic rings. The van der Waals surface area contributed by atoms with Crippen LogP contribution in [0.4, 0.5) is 4.79 Å². The van der Waals surface area contributed by atoms with E-state index < -0.39 is 29.4 Å². The summed E-state index contributed by atoms with van der Waals surface area (Å²) in [4.78, 5) is 41.4. The second kappa shape index (κ2) is 10.2. The van der Waals surface area contributed by atoms with Gasteiger partial charge in [0.1, 0.15) is 18.2 Å². The summed E-state index contributed by atoms with van der Waals surface area (Å²) in [5.74, 6) is -0.591. The van der Waals surface area contributed by atoms with E-state index in [1.54, 1.807) is 27.7 Å². The van der Waals surface area contributed by atoms with Gasteiger partial charge in [-0.3, -0.25) is 4.57 Å². The van der Waals surface area contributed by atoms with Crippen LogP contribution in [0.1, 0.15) is 49.7 Å². The van der Waals surface area contributed by atoms with Crippen LogP contribution in [-0.2, 0) is 27.4 Å². The molecule has 168 valence electrons. The molecule has 2 aromatic rings. The lowest BCUT2D eigenvalue weighted by atomic mass is 10.1. The fraction of sp³-hybridized carbons (Fsp3) is 0.478. The van der Waals surface area contributed by atoms with Crippen LogP contribution < -0.4 is 11.0 Å². The number of alkyl carbamates (subject to hydrolysis) is 1. The maximum Gasteiger partial charge on any atom is 0.408 e. The number of rotatable bonds is 7. The van der Waals surface area contributed by atoms with Gasteiger partial charge in [-0.05, 0) is 59.1 Å². The summed E-state index contributed by atoms with van der Waals surface area (Å²) in [5, 5.41) is 2.57. The van der Waals surface area contributed by atoms with Crippen LogP contribution >= 0.6 is 0 Å². The van der Waals surface area contributed by atoms with Crippen molar-refractivity contribution in [3.05, 3.63) is 63.3 Å². The number of nitrogens with zero attached hydrogens (tertiary/aromatic N) is 2. The first kappa shape index (κ1) is 24.1. The van der Waals surface area contributed by atoms with Crippen LogP contribution in [-0.4, -0.2) is 33.3 Å². The van der Waals surface area contributed by atoms with E-state index in [1.807, 2.05) is 44.2 Å². The second-order valence-corrected chi connectivity index (χ2v) is 8.42. The highest BCUT2D eigenvalue weighted by molar-refractivity contribution is 5.81. The summed E-state index contributed by atoms with van der Waals surface area (Å²) in [6, 6.07) is 8.25. The molecule has 1 heterocycles. The van der Waals surface area contributed by atoms with Crippen LogP contribution in [0, 0.1) is 20.8 Å². The van der Waals surface area contributed by atoms with Crippen LogP contribution in [0.3, 0.4) is 0 Å². The smallest absolute Gasteiger partial charge is 0.408 e. The molecule has 0 saturated heterocycles. The lowest BCUT2D eigenvalue weighted by Crippen LogP contribution is -2.45. The Morgan fingerprint density at radius 3 is 2.39 bits per heavy atom. The number of carbonyl (C=O) groups is 2. The van der Waals surface area contributed by atoms with E-state index in [-0.39, 0.29) is 19.6 Å². The highest BCUT2D eigenvalue weighted by atomic mass is 16.6. The molecule has 31 heavy (non-hydrogen) atoms. The highest BCUT2D eigenvalue weighted by Crippen LogP contribution is 2.12. The van der Waals surface area contributed by atoms with E-state index in [2.05, 4.69) is 10.3 Å². The van der Waals surface area contributed by atoms with Gasteiger partial charge in [-0.2, -0.15) is 4.98 Å². The maximum atomic E-state index is 12.7. The predicted octanol–water partition coefficient (Wildman–Crippen LogP) is 3.20. The molecule has 8 heteroatoms. The third-order valence-electron chi connectivity index (χ3n) is 4.82. The van der Waals surface area contributed by atoms with Crippen molar-refractivity contribution >= 4 is 12.1 Å². The average Bonchev–Trinajstić information content (AvgIpc) is 2.69. The Balaban J connectivity index is 2.11. The Hall–Kier alpha value is -3.16. The van der Waals surface area contributed by atoms with Crippen LogP contribution in [0.5, 0.6) is 0 Å². The number of nitrogens with one attached hydrogen (secondary N) is 1. The van der Waals surface area contributed by atoms with Gasteiger partial charge in [-0.1, -0.05) is 30.3 Å². The zero-order valence-corrected chi connectivity index (χ0v) is 19.0. The maximum absolute atomic E-state index is 12.7. The molecule has 0 radical (unpaired) electrons. The zero-order valence-electron chi connectivity index (χ0n) is 19.0. The topological polar surface area (TPSA) is 99.5 Å². The monoisotopic (exact) mass is 429 g/mol. The standard InChI is InChI=1S/C23H31N3O5/c1-15-16(2)24-21(28)26(17(15)3)13-12-19(20(27)31-23(4,5)6)25-22(29)30-14-18-10-8-7-9-11-18/h7-11,19H,12-14H2,1-6H3,(H,25,29)/t19-/m0/s1. The van der Waals surface area contributed by atoms with Crippen molar-refractivity contribution in [2.75, 3.05) is 0 Å². The van der Waals surface area contributed by atoms with Crippen LogP contribution in [0.15, 0.2) is 35.1 Å². The number of benzene rings is 1. The van der Waals surface area contributed by atoms with Crippen molar-refractivity contribution in [2.45, 2.75) is 72.8 Å². The molecule has 1 aromatic heterocycles. The molecule has 0 saturated carbocycles. The van der Waals surface area contributed by atoms with Crippen molar-refractivity contribution in [3.8, 4) is 0 Å². The number of aryl methyl sites for hydroxylation is 1. The van der Waals surface area contributed by atoms with Crippen LogP contribution in [0.25, 0.3) is 0 Å². The van der Waals surface area contributed by atoms with Gasteiger partial charge in [0.2, 0.25) is 0 Å². The van der Waals surface area contributed by atoms with E-state index in [9.17, 15) is 14.4 Å². The van der Waals surface area contributed by atoms with Gasteiger partial charge in [-0.15, -0.1) is 0 Å². The minimum absolute atomic E-state index is 0.0767. The molecule has 1 atom stereocenters. The third-order valence-corrected chi connectivity index (χ3v) is 4.82.